The highest BCUT2D eigenvalue weighted by atomic mass is 35.5. The van der Waals surface area contributed by atoms with Gasteiger partial charge in [0.25, 0.3) is 0 Å². The average molecular weight is 636 g/mol. The molecule has 232 valence electrons. The first-order valence-electron chi connectivity index (χ1n) is 14.7. The van der Waals surface area contributed by atoms with E-state index in [9.17, 15) is 13.2 Å². The molecular weight excluding hydrogens is 598 g/mol. The largest absolute Gasteiger partial charge is 0.444 e. The predicted octanol–water partition coefficient (Wildman–Crippen LogP) is 7.18. The van der Waals surface area contributed by atoms with Crippen molar-refractivity contribution in [3.63, 3.8) is 0 Å². The number of aromatic nitrogens is 3. The SMILES string of the molecule is Cc1cc2nc(NC3CCC(NC(=O)OC(C)(C)C)CC3)ncc2cc1-c1ccc(CS(=O)(=O)c2ccccc2Cl)nc1C. The molecule has 0 aliphatic heterocycles. The van der Waals surface area contributed by atoms with Gasteiger partial charge in [-0.05, 0) is 102 Å². The number of anilines is 1. The molecule has 11 heteroatoms. The van der Waals surface area contributed by atoms with Crippen LogP contribution in [0.3, 0.4) is 0 Å². The molecule has 2 aromatic carbocycles. The van der Waals surface area contributed by atoms with Crippen molar-refractivity contribution < 1.29 is 17.9 Å². The van der Waals surface area contributed by atoms with Crippen molar-refractivity contribution in [2.75, 3.05) is 5.32 Å². The first-order chi connectivity index (χ1) is 20.8. The maximum Gasteiger partial charge on any atom is 0.407 e. The van der Waals surface area contributed by atoms with Gasteiger partial charge in [0.15, 0.2) is 9.84 Å². The summed E-state index contributed by atoms with van der Waals surface area (Å²) in [5, 5.41) is 7.54. The molecule has 0 unspecified atom stereocenters. The number of hydrogen-bond acceptors (Lipinski definition) is 8. The molecule has 1 aliphatic rings. The van der Waals surface area contributed by atoms with Gasteiger partial charge in [0.2, 0.25) is 5.95 Å². The Morgan fingerprint density at radius 1 is 0.977 bits per heavy atom. The normalized spacial score (nSPS) is 17.3. The van der Waals surface area contributed by atoms with Gasteiger partial charge in [-0.1, -0.05) is 29.8 Å². The van der Waals surface area contributed by atoms with Gasteiger partial charge >= 0.3 is 6.09 Å². The Balaban J connectivity index is 1.25. The summed E-state index contributed by atoms with van der Waals surface area (Å²) in [6.07, 6.45) is 4.93. The summed E-state index contributed by atoms with van der Waals surface area (Å²) in [4.78, 5) is 26.2. The molecule has 44 heavy (non-hydrogen) atoms. The lowest BCUT2D eigenvalue weighted by atomic mass is 9.91. The fraction of sp³-hybridized carbons (Fsp3) is 0.394. The number of pyridine rings is 1. The predicted molar refractivity (Wildman–Crippen MR) is 174 cm³/mol. The minimum atomic E-state index is -3.64. The van der Waals surface area contributed by atoms with Crippen LogP contribution in [0, 0.1) is 13.8 Å². The molecule has 1 amide bonds. The van der Waals surface area contributed by atoms with Crippen molar-refractivity contribution in [3.8, 4) is 11.1 Å². The van der Waals surface area contributed by atoms with Crippen molar-refractivity contribution in [2.24, 2.45) is 0 Å². The van der Waals surface area contributed by atoms with Crippen LogP contribution >= 0.6 is 11.6 Å². The summed E-state index contributed by atoms with van der Waals surface area (Å²) in [6.45, 7) is 9.48. The van der Waals surface area contributed by atoms with Crippen LogP contribution in [-0.2, 0) is 20.3 Å². The molecular formula is C33H38ClN5O4S. The summed E-state index contributed by atoms with van der Waals surface area (Å²) >= 11 is 6.14. The number of nitrogens with zero attached hydrogens (tertiary/aromatic N) is 3. The Labute approximate surface area is 263 Å². The van der Waals surface area contributed by atoms with E-state index in [-0.39, 0.29) is 33.8 Å². The molecule has 4 aromatic rings. The molecule has 0 bridgehead atoms. The Morgan fingerprint density at radius 3 is 2.36 bits per heavy atom. The number of ether oxygens (including phenoxy) is 1. The Morgan fingerprint density at radius 2 is 1.68 bits per heavy atom. The highest BCUT2D eigenvalue weighted by Gasteiger charge is 2.25. The second-order valence-electron chi connectivity index (χ2n) is 12.4. The smallest absolute Gasteiger partial charge is 0.407 e. The van der Waals surface area contributed by atoms with Gasteiger partial charge in [0.05, 0.1) is 26.9 Å². The van der Waals surface area contributed by atoms with Crippen LogP contribution in [0.15, 0.2) is 59.6 Å². The molecule has 2 aromatic heterocycles. The second-order valence-corrected chi connectivity index (χ2v) is 14.7. The van der Waals surface area contributed by atoms with Crippen LogP contribution in [0.5, 0.6) is 0 Å². The number of carbonyl (C=O) groups is 1. The lowest BCUT2D eigenvalue weighted by Crippen LogP contribution is -2.42. The van der Waals surface area contributed by atoms with Gasteiger partial charge in [-0.15, -0.1) is 0 Å². The molecule has 9 nitrogen and oxygen atoms in total. The molecule has 1 saturated carbocycles. The number of halogens is 1. The first kappa shape index (κ1) is 31.7. The average Bonchev–Trinajstić information content (AvgIpc) is 2.93. The Kier molecular flexibility index (Phi) is 9.13. The Hall–Kier alpha value is -3.76. The van der Waals surface area contributed by atoms with E-state index in [0.717, 1.165) is 59.0 Å². The molecule has 0 atom stereocenters. The van der Waals surface area contributed by atoms with Gasteiger partial charge in [-0.25, -0.2) is 23.2 Å². The van der Waals surface area contributed by atoms with Crippen molar-refractivity contribution in [3.05, 3.63) is 76.7 Å². The van der Waals surface area contributed by atoms with E-state index in [2.05, 4.69) is 20.6 Å². The summed E-state index contributed by atoms with van der Waals surface area (Å²) < 4.78 is 31.3. The van der Waals surface area contributed by atoms with Gasteiger partial charge in [0.1, 0.15) is 5.60 Å². The number of fused-ring (bicyclic) bond motifs is 1. The van der Waals surface area contributed by atoms with E-state index >= 15 is 0 Å². The zero-order valence-corrected chi connectivity index (χ0v) is 27.2. The number of alkyl carbamates (subject to hydrolysis) is 1. The minimum absolute atomic E-state index is 0.0975. The fourth-order valence-corrected chi connectivity index (χ4v) is 7.37. The third-order valence-electron chi connectivity index (χ3n) is 7.65. The standard InChI is InChI=1S/C33H38ClN5O4S/c1-20-16-29-22(18-35-31(39-29)37-23-10-12-24(13-11-23)38-32(40)43-33(3,4)5)17-27(20)26-15-14-25(36-21(26)2)19-44(41,42)30-9-7-6-8-28(30)34/h6-9,14-18,23-24H,10-13,19H2,1-5H3,(H,38,40)(H,35,37,39). The number of carbonyl (C=O) groups excluding carboxylic acids is 1. The van der Waals surface area contributed by atoms with E-state index in [0.29, 0.717) is 11.6 Å². The van der Waals surface area contributed by atoms with Crippen molar-refractivity contribution in [2.45, 2.75) is 88.6 Å². The highest BCUT2D eigenvalue weighted by Crippen LogP contribution is 2.31. The number of hydrogen-bond donors (Lipinski definition) is 2. The van der Waals surface area contributed by atoms with E-state index in [1.54, 1.807) is 24.3 Å². The van der Waals surface area contributed by atoms with Crippen molar-refractivity contribution in [1.29, 1.82) is 0 Å². The maximum absolute atomic E-state index is 13.0. The van der Waals surface area contributed by atoms with Crippen LogP contribution in [0.1, 0.15) is 63.4 Å². The van der Waals surface area contributed by atoms with Crippen LogP contribution < -0.4 is 10.6 Å². The van der Waals surface area contributed by atoms with Gasteiger partial charge < -0.3 is 15.4 Å². The summed E-state index contributed by atoms with van der Waals surface area (Å²) in [5.41, 5.74) is 4.44. The first-order valence-corrected chi connectivity index (χ1v) is 16.8. The molecule has 0 spiro atoms. The van der Waals surface area contributed by atoms with Crippen molar-refractivity contribution in [1.82, 2.24) is 20.3 Å². The number of aryl methyl sites for hydroxylation is 2. The summed E-state index contributed by atoms with van der Waals surface area (Å²) in [6, 6.07) is 14.5. The highest BCUT2D eigenvalue weighted by molar-refractivity contribution is 7.90. The maximum atomic E-state index is 13.0. The molecule has 0 radical (unpaired) electrons. The summed E-state index contributed by atoms with van der Waals surface area (Å²) in [7, 11) is -3.64. The number of benzene rings is 2. The molecule has 1 aliphatic carbocycles. The van der Waals surface area contributed by atoms with Crippen LogP contribution in [0.2, 0.25) is 5.02 Å². The fourth-order valence-electron chi connectivity index (χ4n) is 5.53. The lowest BCUT2D eigenvalue weighted by molar-refractivity contribution is 0.0492. The Bertz CT molecular complexity index is 1800. The van der Waals surface area contributed by atoms with E-state index in [1.165, 1.54) is 6.07 Å². The third kappa shape index (κ3) is 7.65. The molecule has 2 N–H and O–H groups in total. The number of nitrogens with one attached hydrogen (secondary N) is 2. The van der Waals surface area contributed by atoms with E-state index < -0.39 is 15.4 Å². The zero-order valence-electron chi connectivity index (χ0n) is 25.6. The molecule has 0 saturated heterocycles. The monoisotopic (exact) mass is 635 g/mol. The van der Waals surface area contributed by atoms with Crippen LogP contribution in [0.25, 0.3) is 22.0 Å². The van der Waals surface area contributed by atoms with Gasteiger partial charge in [0, 0.05) is 34.9 Å². The van der Waals surface area contributed by atoms with Crippen LogP contribution in [0.4, 0.5) is 10.7 Å². The topological polar surface area (TPSA) is 123 Å². The molecule has 1 fully saturated rings. The number of amides is 1. The minimum Gasteiger partial charge on any atom is -0.444 e. The van der Waals surface area contributed by atoms with E-state index in [1.807, 2.05) is 59.0 Å². The number of sulfone groups is 1. The summed E-state index contributed by atoms with van der Waals surface area (Å²) in [5.74, 6) is 0.343. The second kappa shape index (κ2) is 12.7. The van der Waals surface area contributed by atoms with Crippen LogP contribution in [-0.4, -0.2) is 47.1 Å². The lowest BCUT2D eigenvalue weighted by Gasteiger charge is -2.30. The number of rotatable bonds is 7. The van der Waals surface area contributed by atoms with Gasteiger partial charge in [-0.2, -0.15) is 0 Å². The van der Waals surface area contributed by atoms with E-state index in [4.69, 9.17) is 21.3 Å². The van der Waals surface area contributed by atoms with Gasteiger partial charge in [-0.3, -0.25) is 4.98 Å². The third-order valence-corrected chi connectivity index (χ3v) is 9.79. The molecule has 2 heterocycles. The molecule has 5 rings (SSSR count). The quantitative estimate of drug-likeness (QED) is 0.219. The zero-order chi connectivity index (χ0) is 31.6. The van der Waals surface area contributed by atoms with Crippen molar-refractivity contribution >= 4 is 44.4 Å².